The van der Waals surface area contributed by atoms with E-state index >= 15 is 0 Å². The van der Waals surface area contributed by atoms with Crippen LogP contribution in [-0.4, -0.2) is 27.1 Å². The second kappa shape index (κ2) is 6.91. The number of amides is 2. The molecule has 0 saturated heterocycles. The lowest BCUT2D eigenvalue weighted by Gasteiger charge is -2.04. The molecule has 0 fully saturated rings. The third kappa shape index (κ3) is 3.57. The van der Waals surface area contributed by atoms with Crippen molar-refractivity contribution in [2.45, 2.75) is 6.54 Å². The predicted octanol–water partition coefficient (Wildman–Crippen LogP) is 3.34. The van der Waals surface area contributed by atoms with Gasteiger partial charge in [-0.1, -0.05) is 42.5 Å². The molecule has 1 N–H and O–H groups in total. The van der Waals surface area contributed by atoms with Gasteiger partial charge in [0, 0.05) is 18.8 Å². The predicted molar refractivity (Wildman–Crippen MR) is 94.4 cm³/mol. The summed E-state index contributed by atoms with van der Waals surface area (Å²) in [4.78, 5) is 12.2. The molecule has 0 spiro atoms. The van der Waals surface area contributed by atoms with Crippen molar-refractivity contribution in [2.24, 2.45) is 7.05 Å². The summed E-state index contributed by atoms with van der Waals surface area (Å²) in [5.41, 5.74) is 3.86. The zero-order chi connectivity index (χ0) is 16.9. The van der Waals surface area contributed by atoms with Crippen LogP contribution >= 0.6 is 0 Å². The third-order valence-electron chi connectivity index (χ3n) is 3.75. The Labute approximate surface area is 140 Å². The highest BCUT2D eigenvalue weighted by Gasteiger charge is 2.15. The van der Waals surface area contributed by atoms with E-state index in [1.807, 2.05) is 74.0 Å². The quantitative estimate of drug-likeness (QED) is 0.592. The van der Waals surface area contributed by atoms with Crippen LogP contribution < -0.4 is 5.32 Å². The molecule has 1 heterocycles. The van der Waals surface area contributed by atoms with Gasteiger partial charge in [0.2, 0.25) is 0 Å². The van der Waals surface area contributed by atoms with Crippen molar-refractivity contribution in [3.63, 3.8) is 0 Å². The molecule has 0 aliphatic heterocycles. The number of nitrogens with zero attached hydrogens (tertiary/aromatic N) is 3. The van der Waals surface area contributed by atoms with Crippen LogP contribution in [0.15, 0.2) is 67.0 Å². The highest BCUT2D eigenvalue weighted by atomic mass is 16.2. The monoisotopic (exact) mass is 319 g/mol. The van der Waals surface area contributed by atoms with Gasteiger partial charge in [0.05, 0.1) is 12.9 Å². The number of hydrogen-bond acceptors (Lipinski definition) is 2. The zero-order valence-electron chi connectivity index (χ0n) is 13.5. The number of benzene rings is 2. The Hall–Kier alpha value is -3.21. The summed E-state index contributed by atoms with van der Waals surface area (Å²) in [6.07, 6.45) is 3.76. The van der Waals surface area contributed by atoms with E-state index in [1.165, 1.54) is 4.58 Å². The molecule has 0 bridgehead atoms. The van der Waals surface area contributed by atoms with Gasteiger partial charge in [-0.25, -0.2) is 5.32 Å². The zero-order valence-corrected chi connectivity index (χ0v) is 13.5. The van der Waals surface area contributed by atoms with Crippen LogP contribution in [0, 0.1) is 0 Å². The van der Waals surface area contributed by atoms with Crippen molar-refractivity contribution in [1.82, 2.24) is 15.1 Å². The Morgan fingerprint density at radius 3 is 2.46 bits per heavy atom. The Morgan fingerprint density at radius 1 is 1.12 bits per heavy atom. The summed E-state index contributed by atoms with van der Waals surface area (Å²) in [5, 5.41) is 7.02. The Morgan fingerprint density at radius 2 is 1.83 bits per heavy atom. The van der Waals surface area contributed by atoms with Gasteiger partial charge in [0.15, 0.2) is 0 Å². The molecule has 2 amide bonds. The molecular formula is C19H19N4O+. The molecule has 0 unspecified atom stereocenters. The Kier molecular flexibility index (Phi) is 4.52. The number of carbonyl (C=O) groups excluding carboxylic acids is 1. The van der Waals surface area contributed by atoms with E-state index in [0.717, 1.165) is 22.4 Å². The van der Waals surface area contributed by atoms with E-state index in [4.69, 9.17) is 0 Å². The maximum atomic E-state index is 12.2. The fourth-order valence-corrected chi connectivity index (χ4v) is 2.39. The highest BCUT2D eigenvalue weighted by Crippen LogP contribution is 2.21. The summed E-state index contributed by atoms with van der Waals surface area (Å²) in [6.45, 7) is 4.30. The maximum absolute atomic E-state index is 12.2. The fraction of sp³-hybridized carbons (Fsp3) is 0.105. The number of aromatic nitrogens is 2. The van der Waals surface area contributed by atoms with E-state index in [0.29, 0.717) is 6.54 Å². The van der Waals surface area contributed by atoms with Gasteiger partial charge in [-0.05, 0) is 23.3 Å². The molecule has 5 nitrogen and oxygen atoms in total. The first kappa shape index (κ1) is 15.7. The number of urea groups is 1. The smallest absolute Gasteiger partial charge is 0.275 e. The second-order valence-corrected chi connectivity index (χ2v) is 5.52. The molecule has 0 saturated carbocycles. The van der Waals surface area contributed by atoms with Crippen LogP contribution in [0.4, 0.5) is 10.5 Å². The van der Waals surface area contributed by atoms with Crippen LogP contribution in [0.25, 0.3) is 11.1 Å². The molecule has 5 heteroatoms. The first-order valence-corrected chi connectivity index (χ1v) is 7.65. The summed E-state index contributed by atoms with van der Waals surface area (Å²) in [7, 11) is 1.88. The lowest BCUT2D eigenvalue weighted by molar-refractivity contribution is -0.323. The molecule has 120 valence electrons. The standard InChI is InChI=1S/C19H18N4O/c1-22-14-17(13-21-22)16-8-10-18(11-9-16)23(2)19(24)20-12-15-6-4-3-5-7-15/h3-11,13-14H,2,12H2,1H3/p+1. The summed E-state index contributed by atoms with van der Waals surface area (Å²) in [5.74, 6) is 0. The minimum Gasteiger partial charge on any atom is -0.275 e. The molecule has 0 aliphatic carbocycles. The molecule has 2 aromatic carbocycles. The van der Waals surface area contributed by atoms with E-state index in [2.05, 4.69) is 17.1 Å². The van der Waals surface area contributed by atoms with E-state index < -0.39 is 0 Å². The number of rotatable bonds is 4. The minimum absolute atomic E-state index is 0.243. The van der Waals surface area contributed by atoms with E-state index in [1.54, 1.807) is 4.68 Å². The number of hydrogen-bond donors (Lipinski definition) is 1. The average molecular weight is 319 g/mol. The molecule has 3 rings (SSSR count). The molecular weight excluding hydrogens is 300 g/mol. The topological polar surface area (TPSA) is 49.9 Å². The molecule has 0 atom stereocenters. The number of nitrogens with one attached hydrogen (secondary N) is 1. The van der Waals surface area contributed by atoms with Gasteiger partial charge >= 0.3 is 6.03 Å². The van der Waals surface area contributed by atoms with Crippen molar-refractivity contribution in [2.75, 3.05) is 0 Å². The summed E-state index contributed by atoms with van der Waals surface area (Å²) in [6, 6.07) is 17.2. The van der Waals surface area contributed by atoms with Crippen molar-refractivity contribution >= 4 is 18.4 Å². The van der Waals surface area contributed by atoms with Crippen LogP contribution in [0.3, 0.4) is 0 Å². The fourth-order valence-electron chi connectivity index (χ4n) is 2.39. The van der Waals surface area contributed by atoms with Crippen LogP contribution in [0.1, 0.15) is 5.56 Å². The summed E-state index contributed by atoms with van der Waals surface area (Å²) < 4.78 is 3.11. The van der Waals surface area contributed by atoms with Crippen LogP contribution in [0.2, 0.25) is 0 Å². The molecule has 3 aromatic rings. The lowest BCUT2D eigenvalue weighted by Crippen LogP contribution is -2.29. The van der Waals surface area contributed by atoms with Crippen molar-refractivity contribution < 1.29 is 9.37 Å². The highest BCUT2D eigenvalue weighted by molar-refractivity contribution is 5.71. The summed E-state index contributed by atoms with van der Waals surface area (Å²) >= 11 is 0. The average Bonchev–Trinajstić information content (AvgIpc) is 3.06. The van der Waals surface area contributed by atoms with E-state index in [-0.39, 0.29) is 6.03 Å². The Bertz CT molecular complexity index is 851. The SMILES string of the molecule is C=[N+](C(=O)NCc1ccccc1)c1ccc(-c2cnn(C)c2)cc1. The molecule has 24 heavy (non-hydrogen) atoms. The van der Waals surface area contributed by atoms with Crippen molar-refractivity contribution in [1.29, 1.82) is 0 Å². The maximum Gasteiger partial charge on any atom is 0.495 e. The van der Waals surface area contributed by atoms with Crippen molar-refractivity contribution in [3.8, 4) is 11.1 Å². The van der Waals surface area contributed by atoms with Crippen LogP contribution in [0.5, 0.6) is 0 Å². The van der Waals surface area contributed by atoms with Crippen LogP contribution in [-0.2, 0) is 13.6 Å². The van der Waals surface area contributed by atoms with Gasteiger partial charge < -0.3 is 0 Å². The largest absolute Gasteiger partial charge is 0.495 e. The third-order valence-corrected chi connectivity index (χ3v) is 3.75. The number of aryl methyl sites for hydroxylation is 1. The van der Waals surface area contributed by atoms with Gasteiger partial charge in [-0.15, -0.1) is 0 Å². The van der Waals surface area contributed by atoms with Gasteiger partial charge in [0.1, 0.15) is 12.2 Å². The molecule has 1 aromatic heterocycles. The number of carbonyl (C=O) groups is 1. The van der Waals surface area contributed by atoms with Gasteiger partial charge in [-0.2, -0.15) is 14.5 Å². The van der Waals surface area contributed by atoms with Gasteiger partial charge in [0.25, 0.3) is 0 Å². The molecule has 0 aliphatic rings. The molecule has 0 radical (unpaired) electrons. The van der Waals surface area contributed by atoms with Crippen molar-refractivity contribution in [3.05, 3.63) is 72.6 Å². The van der Waals surface area contributed by atoms with Gasteiger partial charge in [-0.3, -0.25) is 4.68 Å². The van der Waals surface area contributed by atoms with E-state index in [9.17, 15) is 4.79 Å². The first-order chi connectivity index (χ1) is 11.6. The Balaban J connectivity index is 1.65. The normalized spacial score (nSPS) is 10.4. The second-order valence-electron chi connectivity index (χ2n) is 5.52. The minimum atomic E-state index is -0.243. The lowest BCUT2D eigenvalue weighted by atomic mass is 10.1. The first-order valence-electron chi connectivity index (χ1n) is 7.65.